The number of ether oxygens (including phenoxy) is 1. The SMILES string of the molecule is CCOCC1CCS(=O)(=O)C12CN(C(=O)c1oc3ccccc3c1C)C2. The number of hydrogen-bond donors (Lipinski definition) is 0. The molecule has 1 aromatic heterocycles. The van der Waals surface area contributed by atoms with Crippen LogP contribution in [0.5, 0.6) is 0 Å². The molecule has 4 rings (SSSR count). The van der Waals surface area contributed by atoms with Crippen LogP contribution < -0.4 is 0 Å². The quantitative estimate of drug-likeness (QED) is 0.818. The number of nitrogens with zero attached hydrogens (tertiary/aromatic N) is 1. The van der Waals surface area contributed by atoms with E-state index in [1.54, 1.807) is 4.90 Å². The van der Waals surface area contributed by atoms with Crippen LogP contribution in [0.25, 0.3) is 11.0 Å². The molecule has 3 heterocycles. The van der Waals surface area contributed by atoms with Crippen molar-refractivity contribution in [2.75, 3.05) is 32.1 Å². The van der Waals surface area contributed by atoms with E-state index >= 15 is 0 Å². The summed E-state index contributed by atoms with van der Waals surface area (Å²) in [4.78, 5) is 14.5. The van der Waals surface area contributed by atoms with Crippen LogP contribution in [0.4, 0.5) is 0 Å². The van der Waals surface area contributed by atoms with E-state index in [9.17, 15) is 13.2 Å². The van der Waals surface area contributed by atoms with E-state index < -0.39 is 14.6 Å². The number of carbonyl (C=O) groups is 1. The summed E-state index contributed by atoms with van der Waals surface area (Å²) in [5, 5.41) is 0.911. The highest BCUT2D eigenvalue weighted by Gasteiger charge is 2.62. The molecule has 1 spiro atoms. The van der Waals surface area contributed by atoms with Gasteiger partial charge in [-0.2, -0.15) is 0 Å². The van der Waals surface area contributed by atoms with E-state index in [1.807, 2.05) is 38.1 Å². The molecule has 1 unspecified atom stereocenters. The zero-order chi connectivity index (χ0) is 18.5. The maximum atomic E-state index is 12.9. The molecule has 1 aromatic carbocycles. The monoisotopic (exact) mass is 377 g/mol. The van der Waals surface area contributed by atoms with Crippen molar-refractivity contribution in [1.29, 1.82) is 0 Å². The fraction of sp³-hybridized carbons (Fsp3) is 0.526. The van der Waals surface area contributed by atoms with E-state index in [2.05, 4.69) is 0 Å². The van der Waals surface area contributed by atoms with E-state index in [0.717, 1.165) is 10.9 Å². The molecule has 1 amide bonds. The highest BCUT2D eigenvalue weighted by atomic mass is 32.2. The normalized spacial score (nSPS) is 23.5. The predicted octanol–water partition coefficient (Wildman–Crippen LogP) is 2.41. The Labute approximate surface area is 153 Å². The van der Waals surface area contributed by atoms with Gasteiger partial charge in [0, 0.05) is 36.6 Å². The number of benzene rings is 1. The molecule has 0 bridgehead atoms. The Hall–Kier alpha value is -1.86. The van der Waals surface area contributed by atoms with Gasteiger partial charge in [0.05, 0.1) is 12.4 Å². The number of carbonyl (C=O) groups excluding carboxylic acids is 1. The molecule has 0 N–H and O–H groups in total. The third kappa shape index (κ3) is 2.41. The van der Waals surface area contributed by atoms with Gasteiger partial charge in [0.1, 0.15) is 10.3 Å². The van der Waals surface area contributed by atoms with Crippen molar-refractivity contribution in [1.82, 2.24) is 4.90 Å². The number of aryl methyl sites for hydroxylation is 1. The van der Waals surface area contributed by atoms with Crippen LogP contribution in [-0.2, 0) is 14.6 Å². The topological polar surface area (TPSA) is 76.8 Å². The van der Waals surface area contributed by atoms with Gasteiger partial charge < -0.3 is 14.1 Å². The number of hydrogen-bond acceptors (Lipinski definition) is 5. The van der Waals surface area contributed by atoms with Crippen LogP contribution in [0.1, 0.15) is 29.5 Å². The van der Waals surface area contributed by atoms with E-state index in [-0.39, 0.29) is 30.7 Å². The summed E-state index contributed by atoms with van der Waals surface area (Å²) in [6.45, 7) is 5.20. The molecular formula is C19H23NO5S. The van der Waals surface area contributed by atoms with Crippen molar-refractivity contribution in [3.63, 3.8) is 0 Å². The zero-order valence-corrected chi connectivity index (χ0v) is 15.8. The smallest absolute Gasteiger partial charge is 0.289 e. The first kappa shape index (κ1) is 17.5. The molecule has 140 valence electrons. The highest BCUT2D eigenvalue weighted by Crippen LogP contribution is 2.45. The summed E-state index contributed by atoms with van der Waals surface area (Å²) in [6, 6.07) is 7.51. The standard InChI is InChI=1S/C19H23NO5S/c1-3-24-10-14-8-9-26(22,23)19(14)11-20(12-19)18(21)17-13(2)15-6-4-5-7-16(15)25-17/h4-7,14H,3,8-12H2,1-2H3. The Kier molecular flexibility index (Phi) is 4.11. The summed E-state index contributed by atoms with van der Waals surface area (Å²) in [6.07, 6.45) is 0.605. The number of amides is 1. The van der Waals surface area contributed by atoms with Gasteiger partial charge in [0.2, 0.25) is 0 Å². The summed E-state index contributed by atoms with van der Waals surface area (Å²) in [5.41, 5.74) is 1.47. The Morgan fingerprint density at radius 2 is 2.08 bits per heavy atom. The summed E-state index contributed by atoms with van der Waals surface area (Å²) >= 11 is 0. The lowest BCUT2D eigenvalue weighted by molar-refractivity contribution is 0.0251. The second-order valence-electron chi connectivity index (χ2n) is 7.24. The van der Waals surface area contributed by atoms with Crippen molar-refractivity contribution in [2.24, 2.45) is 5.92 Å². The van der Waals surface area contributed by atoms with Crippen molar-refractivity contribution < 1.29 is 22.4 Å². The lowest BCUT2D eigenvalue weighted by Crippen LogP contribution is -2.68. The summed E-state index contributed by atoms with van der Waals surface area (Å²) in [7, 11) is -3.22. The molecule has 2 aromatic rings. The van der Waals surface area contributed by atoms with Gasteiger partial charge in [-0.25, -0.2) is 8.42 Å². The van der Waals surface area contributed by atoms with Crippen molar-refractivity contribution in [2.45, 2.75) is 25.0 Å². The second kappa shape index (κ2) is 6.09. The first-order valence-electron chi connectivity index (χ1n) is 8.97. The number of furan rings is 1. The van der Waals surface area contributed by atoms with Gasteiger partial charge in [-0.05, 0) is 26.3 Å². The Morgan fingerprint density at radius 1 is 1.35 bits per heavy atom. The van der Waals surface area contributed by atoms with E-state index in [1.165, 1.54) is 0 Å². The molecular weight excluding hydrogens is 354 g/mol. The van der Waals surface area contributed by atoms with Crippen molar-refractivity contribution >= 4 is 26.7 Å². The molecule has 1 atom stereocenters. The molecule has 0 aliphatic carbocycles. The Morgan fingerprint density at radius 3 is 2.77 bits per heavy atom. The molecule has 2 aliphatic heterocycles. The Bertz CT molecular complexity index is 955. The fourth-order valence-electron chi connectivity index (χ4n) is 4.23. The number of likely N-dealkylation sites (tertiary alicyclic amines) is 1. The minimum Gasteiger partial charge on any atom is -0.451 e. The largest absolute Gasteiger partial charge is 0.451 e. The van der Waals surface area contributed by atoms with Crippen molar-refractivity contribution in [3.05, 3.63) is 35.6 Å². The molecule has 2 aliphatic rings. The van der Waals surface area contributed by atoms with Gasteiger partial charge >= 0.3 is 0 Å². The molecule has 7 heteroatoms. The fourth-order valence-corrected chi connectivity index (χ4v) is 6.63. The first-order chi connectivity index (χ1) is 12.4. The first-order valence-corrected chi connectivity index (χ1v) is 10.6. The predicted molar refractivity (Wildman–Crippen MR) is 98.0 cm³/mol. The highest BCUT2D eigenvalue weighted by molar-refractivity contribution is 7.93. The lowest BCUT2D eigenvalue weighted by atomic mass is 9.83. The number of para-hydroxylation sites is 1. The van der Waals surface area contributed by atoms with E-state index in [0.29, 0.717) is 31.0 Å². The summed E-state index contributed by atoms with van der Waals surface area (Å²) < 4.78 is 35.7. The van der Waals surface area contributed by atoms with Crippen LogP contribution in [-0.4, -0.2) is 56.0 Å². The molecule has 26 heavy (non-hydrogen) atoms. The molecule has 0 saturated carbocycles. The van der Waals surface area contributed by atoms with Gasteiger partial charge in [0.25, 0.3) is 5.91 Å². The van der Waals surface area contributed by atoms with Crippen LogP contribution in [0.15, 0.2) is 28.7 Å². The average Bonchev–Trinajstić information content (AvgIpc) is 3.05. The van der Waals surface area contributed by atoms with Gasteiger partial charge in [-0.3, -0.25) is 4.79 Å². The average molecular weight is 377 g/mol. The van der Waals surface area contributed by atoms with E-state index in [4.69, 9.17) is 9.15 Å². The number of sulfone groups is 1. The van der Waals surface area contributed by atoms with Crippen LogP contribution in [0, 0.1) is 12.8 Å². The second-order valence-corrected chi connectivity index (χ2v) is 9.69. The molecule has 2 saturated heterocycles. The Balaban J connectivity index is 1.57. The van der Waals surface area contributed by atoms with Crippen LogP contribution >= 0.6 is 0 Å². The third-order valence-electron chi connectivity index (χ3n) is 5.86. The number of fused-ring (bicyclic) bond motifs is 1. The summed E-state index contributed by atoms with van der Waals surface area (Å²) in [5.74, 6) is 0.198. The van der Waals surface area contributed by atoms with Crippen LogP contribution in [0.3, 0.4) is 0 Å². The minimum atomic E-state index is -3.22. The molecule has 6 nitrogen and oxygen atoms in total. The number of rotatable bonds is 4. The van der Waals surface area contributed by atoms with Gasteiger partial charge in [-0.1, -0.05) is 18.2 Å². The minimum absolute atomic E-state index is 0.0479. The maximum Gasteiger partial charge on any atom is 0.289 e. The molecule has 2 fully saturated rings. The third-order valence-corrected chi connectivity index (χ3v) is 8.47. The lowest BCUT2D eigenvalue weighted by Gasteiger charge is -2.49. The van der Waals surface area contributed by atoms with Crippen LogP contribution in [0.2, 0.25) is 0 Å². The molecule has 0 radical (unpaired) electrons. The maximum absolute atomic E-state index is 12.9. The van der Waals surface area contributed by atoms with Gasteiger partial charge in [0.15, 0.2) is 15.6 Å². The zero-order valence-electron chi connectivity index (χ0n) is 15.0. The van der Waals surface area contributed by atoms with Gasteiger partial charge in [-0.15, -0.1) is 0 Å². The van der Waals surface area contributed by atoms with Crippen molar-refractivity contribution in [3.8, 4) is 0 Å².